The van der Waals surface area contributed by atoms with Crippen LogP contribution in [-0.2, 0) is 6.18 Å². The number of anilines is 1. The zero-order valence-electron chi connectivity index (χ0n) is 11.4. The summed E-state index contributed by atoms with van der Waals surface area (Å²) in [6, 6.07) is 4.03. The molecule has 2 rings (SSSR count). The summed E-state index contributed by atoms with van der Waals surface area (Å²) in [5, 5.41) is 3.17. The van der Waals surface area contributed by atoms with Gasteiger partial charge in [0, 0.05) is 16.8 Å². The van der Waals surface area contributed by atoms with Crippen LogP contribution in [0.15, 0.2) is 18.2 Å². The Bertz CT molecular complexity index is 459. The third kappa shape index (κ3) is 4.05. The van der Waals surface area contributed by atoms with Gasteiger partial charge in [0.05, 0.1) is 5.56 Å². The van der Waals surface area contributed by atoms with Crippen LogP contribution in [0.5, 0.6) is 0 Å². The van der Waals surface area contributed by atoms with Crippen molar-refractivity contribution in [1.82, 2.24) is 0 Å². The molecule has 0 saturated heterocycles. The molecule has 1 aromatic carbocycles. The topological polar surface area (TPSA) is 12.0 Å². The van der Waals surface area contributed by atoms with Crippen molar-refractivity contribution in [2.24, 2.45) is 5.92 Å². The molecule has 0 amide bonds. The molecule has 0 aromatic heterocycles. The van der Waals surface area contributed by atoms with Gasteiger partial charge in [0.2, 0.25) is 0 Å². The molecular weight excluding hydrogens is 287 g/mol. The maximum Gasteiger partial charge on any atom is 0.418 e. The maximum atomic E-state index is 13.0. The van der Waals surface area contributed by atoms with Gasteiger partial charge in [-0.3, -0.25) is 0 Å². The van der Waals surface area contributed by atoms with E-state index in [0.29, 0.717) is 5.92 Å². The van der Waals surface area contributed by atoms with Crippen molar-refractivity contribution in [3.63, 3.8) is 0 Å². The van der Waals surface area contributed by atoms with Crippen molar-refractivity contribution in [3.8, 4) is 0 Å². The van der Waals surface area contributed by atoms with Gasteiger partial charge < -0.3 is 5.32 Å². The fraction of sp³-hybridized carbons (Fsp3) is 0.600. The summed E-state index contributed by atoms with van der Waals surface area (Å²) in [6.45, 7) is 2.20. The molecule has 1 aromatic rings. The summed E-state index contributed by atoms with van der Waals surface area (Å²) in [5.74, 6) is 0.661. The Hall–Kier alpha value is -0.900. The molecule has 1 aliphatic carbocycles. The number of alkyl halides is 3. The van der Waals surface area contributed by atoms with Gasteiger partial charge in [-0.1, -0.05) is 31.4 Å². The van der Waals surface area contributed by atoms with Gasteiger partial charge in [0.1, 0.15) is 0 Å². The lowest BCUT2D eigenvalue weighted by molar-refractivity contribution is -0.137. The Morgan fingerprint density at radius 1 is 1.15 bits per heavy atom. The van der Waals surface area contributed by atoms with Gasteiger partial charge in [-0.2, -0.15) is 13.2 Å². The second-order valence-corrected chi connectivity index (χ2v) is 6.08. The Morgan fingerprint density at radius 3 is 2.60 bits per heavy atom. The minimum atomic E-state index is -4.38. The van der Waals surface area contributed by atoms with Gasteiger partial charge >= 0.3 is 6.18 Å². The SMILES string of the molecule is CC1CCCC(Nc2ccc(Cl)cc2C(F)(F)F)CC1. The Labute approximate surface area is 122 Å². The molecule has 0 spiro atoms. The first-order valence-corrected chi connectivity index (χ1v) is 7.37. The molecule has 5 heteroatoms. The van der Waals surface area contributed by atoms with Crippen LogP contribution in [0, 0.1) is 5.92 Å². The van der Waals surface area contributed by atoms with Crippen molar-refractivity contribution >= 4 is 17.3 Å². The summed E-state index contributed by atoms with van der Waals surface area (Å²) in [6.07, 6.45) is 0.738. The minimum absolute atomic E-state index is 0.109. The molecule has 1 N–H and O–H groups in total. The summed E-state index contributed by atoms with van der Waals surface area (Å²) in [4.78, 5) is 0. The summed E-state index contributed by atoms with van der Waals surface area (Å²) < 4.78 is 39.1. The first-order chi connectivity index (χ1) is 9.36. The second-order valence-electron chi connectivity index (χ2n) is 5.64. The van der Waals surface area contributed by atoms with E-state index in [4.69, 9.17) is 11.6 Å². The van der Waals surface area contributed by atoms with E-state index in [0.717, 1.165) is 38.2 Å². The molecule has 0 bridgehead atoms. The zero-order chi connectivity index (χ0) is 14.8. The largest absolute Gasteiger partial charge is 0.418 e. The van der Waals surface area contributed by atoms with Crippen LogP contribution in [-0.4, -0.2) is 6.04 Å². The number of rotatable bonds is 2. The Morgan fingerprint density at radius 2 is 1.90 bits per heavy atom. The lowest BCUT2D eigenvalue weighted by atomic mass is 10.0. The van der Waals surface area contributed by atoms with Crippen molar-refractivity contribution in [3.05, 3.63) is 28.8 Å². The van der Waals surface area contributed by atoms with Crippen molar-refractivity contribution in [2.45, 2.75) is 51.2 Å². The molecule has 0 heterocycles. The highest BCUT2D eigenvalue weighted by Gasteiger charge is 2.34. The average Bonchev–Trinajstić information content (AvgIpc) is 2.55. The van der Waals surface area contributed by atoms with E-state index in [1.54, 1.807) is 0 Å². The Balaban J connectivity index is 2.16. The first kappa shape index (κ1) is 15.5. The number of hydrogen-bond donors (Lipinski definition) is 1. The fourth-order valence-corrected chi connectivity index (χ4v) is 2.90. The van der Waals surface area contributed by atoms with Crippen LogP contribution in [0.1, 0.15) is 44.6 Å². The van der Waals surface area contributed by atoms with Crippen LogP contribution in [0.2, 0.25) is 5.02 Å². The molecule has 0 radical (unpaired) electrons. The van der Waals surface area contributed by atoms with Crippen molar-refractivity contribution in [1.29, 1.82) is 0 Å². The molecule has 0 aliphatic heterocycles. The number of benzene rings is 1. The van der Waals surface area contributed by atoms with E-state index in [2.05, 4.69) is 12.2 Å². The van der Waals surface area contributed by atoms with E-state index < -0.39 is 11.7 Å². The predicted molar refractivity (Wildman–Crippen MR) is 76.1 cm³/mol. The van der Waals surface area contributed by atoms with Crippen LogP contribution in [0.3, 0.4) is 0 Å². The van der Waals surface area contributed by atoms with Gasteiger partial charge in [-0.25, -0.2) is 0 Å². The van der Waals surface area contributed by atoms with Gasteiger partial charge in [0.25, 0.3) is 0 Å². The third-order valence-electron chi connectivity index (χ3n) is 3.90. The smallest absolute Gasteiger partial charge is 0.382 e. The summed E-state index contributed by atoms with van der Waals surface area (Å²) >= 11 is 5.68. The molecule has 1 aliphatic rings. The van der Waals surface area contributed by atoms with E-state index in [1.807, 2.05) is 0 Å². The molecule has 112 valence electrons. The normalized spacial score (nSPS) is 24.2. The highest BCUT2D eigenvalue weighted by molar-refractivity contribution is 6.30. The van der Waals surface area contributed by atoms with E-state index in [9.17, 15) is 13.2 Å². The van der Waals surface area contributed by atoms with Crippen LogP contribution in [0.4, 0.5) is 18.9 Å². The van der Waals surface area contributed by atoms with E-state index >= 15 is 0 Å². The van der Waals surface area contributed by atoms with Crippen molar-refractivity contribution in [2.75, 3.05) is 5.32 Å². The standard InChI is InChI=1S/C15H19ClF3N/c1-10-3-2-4-12(7-5-10)20-14-8-6-11(16)9-13(14)15(17,18)19/h6,8-10,12,20H,2-5,7H2,1H3. The maximum absolute atomic E-state index is 13.0. The summed E-state index contributed by atoms with van der Waals surface area (Å²) in [7, 11) is 0. The third-order valence-corrected chi connectivity index (χ3v) is 4.14. The van der Waals surface area contributed by atoms with Gasteiger partial charge in [-0.15, -0.1) is 0 Å². The monoisotopic (exact) mass is 305 g/mol. The molecular formula is C15H19ClF3N. The average molecular weight is 306 g/mol. The highest BCUT2D eigenvalue weighted by Crippen LogP contribution is 2.37. The van der Waals surface area contributed by atoms with Gasteiger partial charge in [0.15, 0.2) is 0 Å². The lowest BCUT2D eigenvalue weighted by Gasteiger charge is -2.21. The van der Waals surface area contributed by atoms with E-state index in [-0.39, 0.29) is 16.8 Å². The van der Waals surface area contributed by atoms with Crippen LogP contribution in [0.25, 0.3) is 0 Å². The molecule has 1 nitrogen and oxygen atoms in total. The minimum Gasteiger partial charge on any atom is -0.382 e. The zero-order valence-corrected chi connectivity index (χ0v) is 12.2. The molecule has 1 fully saturated rings. The van der Waals surface area contributed by atoms with Gasteiger partial charge in [-0.05, 0) is 43.4 Å². The molecule has 1 saturated carbocycles. The van der Waals surface area contributed by atoms with Crippen LogP contribution >= 0.6 is 11.6 Å². The van der Waals surface area contributed by atoms with Crippen LogP contribution < -0.4 is 5.32 Å². The number of nitrogens with one attached hydrogen (secondary N) is 1. The highest BCUT2D eigenvalue weighted by atomic mass is 35.5. The lowest BCUT2D eigenvalue weighted by Crippen LogP contribution is -2.21. The number of halogens is 4. The van der Waals surface area contributed by atoms with E-state index in [1.165, 1.54) is 12.1 Å². The molecule has 2 unspecified atom stereocenters. The van der Waals surface area contributed by atoms with Crippen molar-refractivity contribution < 1.29 is 13.2 Å². The predicted octanol–water partition coefficient (Wildman–Crippen LogP) is 5.74. The first-order valence-electron chi connectivity index (χ1n) is 6.99. The Kier molecular flexibility index (Phi) is 4.84. The number of hydrogen-bond acceptors (Lipinski definition) is 1. The quantitative estimate of drug-likeness (QED) is 0.687. The molecule has 2 atom stereocenters. The second kappa shape index (κ2) is 6.25. The summed E-state index contributed by atoms with van der Waals surface area (Å²) in [5.41, 5.74) is -0.538. The fourth-order valence-electron chi connectivity index (χ4n) is 2.73. The molecule has 20 heavy (non-hydrogen) atoms.